The minimum atomic E-state index is -3.74. The molecule has 0 spiro atoms. The van der Waals surface area contributed by atoms with Gasteiger partial charge in [-0.3, -0.25) is 14.4 Å². The van der Waals surface area contributed by atoms with Gasteiger partial charge in [0, 0.05) is 50.5 Å². The second kappa shape index (κ2) is 10.8. The number of sulfonamides is 1. The largest absolute Gasteiger partial charge is 0.351 e. The summed E-state index contributed by atoms with van der Waals surface area (Å²) < 4.78 is 42.5. The summed E-state index contributed by atoms with van der Waals surface area (Å²) in [4.78, 5) is 21.7. The Hall–Kier alpha value is -3.54. The number of amides is 1. The van der Waals surface area contributed by atoms with Gasteiger partial charge < -0.3 is 10.2 Å². The van der Waals surface area contributed by atoms with Gasteiger partial charge in [0.1, 0.15) is 11.3 Å². The fourth-order valence-corrected chi connectivity index (χ4v) is 6.27. The van der Waals surface area contributed by atoms with Gasteiger partial charge in [0.05, 0.1) is 9.60 Å². The van der Waals surface area contributed by atoms with Crippen molar-refractivity contribution >= 4 is 48.3 Å². The highest BCUT2D eigenvalue weighted by Gasteiger charge is 2.21. The SMILES string of the molecule is O=C(NCCN1CCN(c2nc3c(F)cccc3s2)CC1)c1cccc(NS(=O)(=O)c2ccccc2)c1. The van der Waals surface area contributed by atoms with Crippen molar-refractivity contribution in [3.8, 4) is 0 Å². The summed E-state index contributed by atoms with van der Waals surface area (Å²) in [6.45, 7) is 4.33. The predicted molar refractivity (Wildman–Crippen MR) is 144 cm³/mol. The maximum Gasteiger partial charge on any atom is 0.261 e. The Morgan fingerprint density at radius 1 is 0.973 bits per heavy atom. The number of thiazole rings is 1. The number of carbonyl (C=O) groups excluding carboxylic acids is 1. The molecule has 11 heteroatoms. The molecule has 37 heavy (non-hydrogen) atoms. The summed E-state index contributed by atoms with van der Waals surface area (Å²) in [5.41, 5.74) is 1.12. The molecular formula is C26H26FN5O3S2. The Balaban J connectivity index is 1.10. The van der Waals surface area contributed by atoms with Crippen LogP contribution in [0.25, 0.3) is 10.2 Å². The van der Waals surface area contributed by atoms with Crippen molar-refractivity contribution in [3.05, 3.63) is 84.2 Å². The van der Waals surface area contributed by atoms with Gasteiger partial charge in [-0.1, -0.05) is 41.7 Å². The molecule has 0 bridgehead atoms. The van der Waals surface area contributed by atoms with Crippen LogP contribution in [-0.2, 0) is 10.0 Å². The summed E-state index contributed by atoms with van der Waals surface area (Å²) in [5.74, 6) is -0.565. The van der Waals surface area contributed by atoms with Gasteiger partial charge in [0.25, 0.3) is 15.9 Å². The number of nitrogens with one attached hydrogen (secondary N) is 2. The molecular weight excluding hydrogens is 513 g/mol. The first-order valence-electron chi connectivity index (χ1n) is 11.9. The van der Waals surface area contributed by atoms with Crippen molar-refractivity contribution in [3.63, 3.8) is 0 Å². The zero-order valence-electron chi connectivity index (χ0n) is 19.9. The molecule has 2 heterocycles. The lowest BCUT2D eigenvalue weighted by Gasteiger charge is -2.34. The summed E-state index contributed by atoms with van der Waals surface area (Å²) in [6.07, 6.45) is 0. The Labute approximate surface area is 218 Å². The van der Waals surface area contributed by atoms with Crippen molar-refractivity contribution in [1.82, 2.24) is 15.2 Å². The van der Waals surface area contributed by atoms with Crippen LogP contribution in [0.15, 0.2) is 77.7 Å². The van der Waals surface area contributed by atoms with E-state index < -0.39 is 10.0 Å². The van der Waals surface area contributed by atoms with E-state index in [4.69, 9.17) is 0 Å². The van der Waals surface area contributed by atoms with Crippen molar-refractivity contribution in [2.75, 3.05) is 48.9 Å². The number of hydrogen-bond acceptors (Lipinski definition) is 7. The molecule has 1 aliphatic rings. The van der Waals surface area contributed by atoms with Crippen LogP contribution in [0.1, 0.15) is 10.4 Å². The first-order valence-corrected chi connectivity index (χ1v) is 14.2. The summed E-state index contributed by atoms with van der Waals surface area (Å²) >= 11 is 1.50. The van der Waals surface area contributed by atoms with Crippen LogP contribution in [0.2, 0.25) is 0 Å². The van der Waals surface area contributed by atoms with Crippen LogP contribution >= 0.6 is 11.3 Å². The minimum Gasteiger partial charge on any atom is -0.351 e. The second-order valence-electron chi connectivity index (χ2n) is 8.67. The maximum absolute atomic E-state index is 14.0. The topological polar surface area (TPSA) is 94.6 Å². The fraction of sp³-hybridized carbons (Fsp3) is 0.231. The van der Waals surface area contributed by atoms with Crippen molar-refractivity contribution in [2.24, 2.45) is 0 Å². The van der Waals surface area contributed by atoms with Crippen molar-refractivity contribution in [1.29, 1.82) is 0 Å². The van der Waals surface area contributed by atoms with Gasteiger partial charge in [0.15, 0.2) is 5.13 Å². The van der Waals surface area contributed by atoms with Crippen molar-refractivity contribution in [2.45, 2.75) is 4.90 Å². The molecule has 1 fully saturated rings. The van der Waals surface area contributed by atoms with Crippen molar-refractivity contribution < 1.29 is 17.6 Å². The van der Waals surface area contributed by atoms with Crippen LogP contribution in [-0.4, -0.2) is 63.5 Å². The zero-order chi connectivity index (χ0) is 25.8. The highest BCUT2D eigenvalue weighted by molar-refractivity contribution is 7.92. The van der Waals surface area contributed by atoms with Crippen LogP contribution in [0.4, 0.5) is 15.2 Å². The molecule has 0 radical (unpaired) electrons. The number of carbonyl (C=O) groups is 1. The standard InChI is InChI=1S/C26H26FN5O3S2/c27-22-10-5-11-23-24(22)29-26(36-23)32-16-14-31(15-17-32)13-12-28-25(33)19-6-4-7-20(18-19)30-37(34,35)21-8-2-1-3-9-21/h1-11,18,30H,12-17H2,(H,28,33). The Morgan fingerprint density at radius 3 is 2.49 bits per heavy atom. The lowest BCUT2D eigenvalue weighted by Crippen LogP contribution is -2.48. The number of benzene rings is 3. The van der Waals surface area contributed by atoms with Crippen LogP contribution < -0.4 is 14.9 Å². The minimum absolute atomic E-state index is 0.153. The van der Waals surface area contributed by atoms with E-state index >= 15 is 0 Å². The molecule has 8 nitrogen and oxygen atoms in total. The lowest BCUT2D eigenvalue weighted by atomic mass is 10.2. The number of piperazine rings is 1. The molecule has 4 aromatic rings. The third kappa shape index (κ3) is 5.90. The summed E-state index contributed by atoms with van der Waals surface area (Å²) in [7, 11) is -3.74. The molecule has 0 atom stereocenters. The number of halogens is 1. The van der Waals surface area contributed by atoms with Gasteiger partial charge in [-0.05, 0) is 42.5 Å². The third-order valence-electron chi connectivity index (χ3n) is 6.15. The predicted octanol–water partition coefficient (Wildman–Crippen LogP) is 3.79. The first kappa shape index (κ1) is 25.1. The zero-order valence-corrected chi connectivity index (χ0v) is 21.6. The Kier molecular flexibility index (Phi) is 7.36. The summed E-state index contributed by atoms with van der Waals surface area (Å²) in [6, 6.07) is 19.5. The van der Waals surface area contributed by atoms with E-state index in [0.717, 1.165) is 36.0 Å². The summed E-state index contributed by atoms with van der Waals surface area (Å²) in [5, 5.41) is 3.74. The van der Waals surface area contributed by atoms with E-state index in [1.807, 2.05) is 6.07 Å². The van der Waals surface area contributed by atoms with E-state index in [1.54, 1.807) is 42.5 Å². The van der Waals surface area contributed by atoms with E-state index in [0.29, 0.717) is 29.9 Å². The Bertz CT molecular complexity index is 1500. The number of rotatable bonds is 8. The maximum atomic E-state index is 14.0. The van der Waals surface area contributed by atoms with Gasteiger partial charge >= 0.3 is 0 Å². The smallest absolute Gasteiger partial charge is 0.261 e. The number of nitrogens with zero attached hydrogens (tertiary/aromatic N) is 3. The number of para-hydroxylation sites is 1. The molecule has 1 aromatic heterocycles. The molecule has 1 saturated heterocycles. The molecule has 1 aliphatic heterocycles. The van der Waals surface area contributed by atoms with E-state index in [-0.39, 0.29) is 16.6 Å². The van der Waals surface area contributed by atoms with Gasteiger partial charge in [-0.25, -0.2) is 17.8 Å². The van der Waals surface area contributed by atoms with Crippen LogP contribution in [0.5, 0.6) is 0 Å². The molecule has 0 unspecified atom stereocenters. The first-order chi connectivity index (χ1) is 17.9. The second-order valence-corrected chi connectivity index (χ2v) is 11.4. The number of aromatic nitrogens is 1. The fourth-order valence-electron chi connectivity index (χ4n) is 4.17. The Morgan fingerprint density at radius 2 is 1.73 bits per heavy atom. The molecule has 1 amide bonds. The molecule has 5 rings (SSSR count). The molecule has 2 N–H and O–H groups in total. The highest BCUT2D eigenvalue weighted by atomic mass is 32.2. The van der Waals surface area contributed by atoms with E-state index in [1.165, 1.54) is 35.6 Å². The molecule has 3 aromatic carbocycles. The van der Waals surface area contributed by atoms with Crippen LogP contribution in [0, 0.1) is 5.82 Å². The van der Waals surface area contributed by atoms with Gasteiger partial charge in [-0.15, -0.1) is 0 Å². The number of hydrogen-bond donors (Lipinski definition) is 2. The van der Waals surface area contributed by atoms with E-state index in [9.17, 15) is 17.6 Å². The number of fused-ring (bicyclic) bond motifs is 1. The number of anilines is 2. The third-order valence-corrected chi connectivity index (χ3v) is 8.62. The lowest BCUT2D eigenvalue weighted by molar-refractivity contribution is 0.0948. The molecule has 192 valence electrons. The normalized spacial score (nSPS) is 14.6. The average Bonchev–Trinajstić information content (AvgIpc) is 3.35. The van der Waals surface area contributed by atoms with E-state index in [2.05, 4.69) is 24.8 Å². The highest BCUT2D eigenvalue weighted by Crippen LogP contribution is 2.30. The van der Waals surface area contributed by atoms with Gasteiger partial charge in [-0.2, -0.15) is 0 Å². The monoisotopic (exact) mass is 539 g/mol. The molecule has 0 saturated carbocycles. The average molecular weight is 540 g/mol. The molecule has 0 aliphatic carbocycles. The van der Waals surface area contributed by atoms with Gasteiger partial charge in [0.2, 0.25) is 0 Å². The quantitative estimate of drug-likeness (QED) is 0.354. The van der Waals surface area contributed by atoms with Crippen LogP contribution in [0.3, 0.4) is 0 Å².